The summed E-state index contributed by atoms with van der Waals surface area (Å²) in [4.78, 5) is 20.9. The zero-order chi connectivity index (χ0) is 15.3. The lowest BCUT2D eigenvalue weighted by atomic mass is 10.1. The van der Waals surface area contributed by atoms with E-state index in [0.29, 0.717) is 6.42 Å². The van der Waals surface area contributed by atoms with Crippen LogP contribution in [0.2, 0.25) is 0 Å². The molecule has 0 rings (SSSR count). The Kier molecular flexibility index (Phi) is 6.57. The van der Waals surface area contributed by atoms with Crippen LogP contribution in [-0.4, -0.2) is 23.4 Å². The molecule has 0 bridgehead atoms. The Morgan fingerprint density at radius 1 is 0.833 bits per heavy atom. The van der Waals surface area contributed by atoms with Gasteiger partial charge in [-0.3, -0.25) is 0 Å². The molecule has 0 heterocycles. The highest BCUT2D eigenvalue weighted by Gasteiger charge is 2.17. The summed E-state index contributed by atoms with van der Waals surface area (Å²) in [6.45, 7) is 15.2. The second-order valence-corrected chi connectivity index (χ2v) is 6.57. The van der Waals surface area contributed by atoms with Gasteiger partial charge in [-0.15, -0.1) is 0 Å². The highest BCUT2D eigenvalue weighted by molar-refractivity contribution is 4.58. The van der Waals surface area contributed by atoms with Crippen molar-refractivity contribution >= 4 is 0 Å². The Hall–Kier alpha value is -0.160. The van der Waals surface area contributed by atoms with E-state index < -0.39 is 6.40 Å². The molecule has 0 aliphatic heterocycles. The average molecular weight is 263 g/mol. The molecule has 0 aromatic rings. The Bertz CT molecular complexity index is 245. The van der Waals surface area contributed by atoms with Crippen molar-refractivity contribution in [1.82, 2.24) is 0 Å². The smallest absolute Gasteiger partial charge is 0.0952 e. The van der Waals surface area contributed by atoms with Crippen LogP contribution in [0.5, 0.6) is 0 Å². The highest BCUT2D eigenvalue weighted by Crippen LogP contribution is 2.15. The second-order valence-electron chi connectivity index (χ2n) is 6.57. The zero-order valence-corrected chi connectivity index (χ0v) is 13.1. The number of hydrogen-bond acceptors (Lipinski definition) is 4. The van der Waals surface area contributed by atoms with Crippen LogP contribution in [-0.2, 0) is 19.6 Å². The summed E-state index contributed by atoms with van der Waals surface area (Å²) >= 11 is 0. The SMILES string of the molecule is [2H]C(CC(C)OOC(C)(C)C)C(C)OOC(C)(C)C. The molecule has 0 aromatic carbocycles. The van der Waals surface area contributed by atoms with Crippen LogP contribution < -0.4 is 0 Å². The first-order chi connectivity index (χ1) is 8.41. The molecule has 0 fully saturated rings. The number of rotatable bonds is 7. The minimum atomic E-state index is -0.430. The third-order valence-corrected chi connectivity index (χ3v) is 1.71. The molecular weight excluding hydrogens is 232 g/mol. The zero-order valence-electron chi connectivity index (χ0n) is 14.1. The average Bonchev–Trinajstić information content (AvgIpc) is 2.21. The molecule has 0 aliphatic rings. The van der Waals surface area contributed by atoms with Crippen molar-refractivity contribution < 1.29 is 20.9 Å². The molecule has 0 spiro atoms. The maximum atomic E-state index is 8.01. The van der Waals surface area contributed by atoms with Gasteiger partial charge in [-0.25, -0.2) is 19.6 Å². The van der Waals surface area contributed by atoms with E-state index in [0.717, 1.165) is 0 Å². The standard InChI is InChI=1S/C14H30O4/c1-11(15-17-13(3,4)5)9-10-12(2)16-18-14(6,7)8/h11-12H,9-10H2,1-8H3/i9D. The van der Waals surface area contributed by atoms with E-state index in [9.17, 15) is 0 Å². The van der Waals surface area contributed by atoms with E-state index >= 15 is 0 Å². The lowest BCUT2D eigenvalue weighted by Crippen LogP contribution is -2.25. The molecule has 0 saturated carbocycles. The highest BCUT2D eigenvalue weighted by atomic mass is 17.2. The van der Waals surface area contributed by atoms with E-state index in [1.165, 1.54) is 0 Å². The molecule has 18 heavy (non-hydrogen) atoms. The van der Waals surface area contributed by atoms with Crippen LogP contribution in [0.4, 0.5) is 0 Å². The predicted molar refractivity (Wildman–Crippen MR) is 72.0 cm³/mol. The minimum Gasteiger partial charge on any atom is -0.233 e. The maximum Gasteiger partial charge on any atom is 0.0952 e. The Morgan fingerprint density at radius 3 is 1.61 bits per heavy atom. The summed E-state index contributed by atoms with van der Waals surface area (Å²) in [7, 11) is 0. The van der Waals surface area contributed by atoms with Crippen LogP contribution >= 0.6 is 0 Å². The van der Waals surface area contributed by atoms with Crippen LogP contribution in [0, 0.1) is 0 Å². The van der Waals surface area contributed by atoms with Gasteiger partial charge in [0.15, 0.2) is 0 Å². The fourth-order valence-electron chi connectivity index (χ4n) is 0.909. The molecule has 0 aromatic heterocycles. The van der Waals surface area contributed by atoms with Gasteiger partial charge in [-0.2, -0.15) is 0 Å². The maximum absolute atomic E-state index is 8.01. The largest absolute Gasteiger partial charge is 0.233 e. The first kappa shape index (κ1) is 15.9. The van der Waals surface area contributed by atoms with Crippen molar-refractivity contribution in [2.75, 3.05) is 0 Å². The lowest BCUT2D eigenvalue weighted by Gasteiger charge is -2.23. The number of hydrogen-bond donors (Lipinski definition) is 0. The second kappa shape index (κ2) is 7.43. The molecule has 0 radical (unpaired) electrons. The summed E-state index contributed by atoms with van der Waals surface area (Å²) in [5.41, 5.74) is -0.714. The van der Waals surface area contributed by atoms with Gasteiger partial charge in [-0.05, 0) is 68.2 Å². The molecule has 4 nitrogen and oxygen atoms in total. The quantitative estimate of drug-likeness (QED) is 0.513. The normalized spacial score (nSPS) is 19.2. The molecule has 110 valence electrons. The van der Waals surface area contributed by atoms with Crippen molar-refractivity contribution in [2.24, 2.45) is 0 Å². The van der Waals surface area contributed by atoms with Crippen molar-refractivity contribution in [1.29, 1.82) is 0 Å². The van der Waals surface area contributed by atoms with Gasteiger partial charge >= 0.3 is 0 Å². The van der Waals surface area contributed by atoms with Crippen LogP contribution in [0.3, 0.4) is 0 Å². The van der Waals surface area contributed by atoms with Crippen LogP contribution in [0.25, 0.3) is 0 Å². The van der Waals surface area contributed by atoms with Crippen molar-refractivity contribution in [3.05, 3.63) is 0 Å². The van der Waals surface area contributed by atoms with Gasteiger partial charge in [0, 0.05) is 1.37 Å². The van der Waals surface area contributed by atoms with E-state index in [1.807, 2.05) is 55.4 Å². The van der Waals surface area contributed by atoms with Crippen molar-refractivity contribution in [2.45, 2.75) is 91.6 Å². The lowest BCUT2D eigenvalue weighted by molar-refractivity contribution is -0.380. The van der Waals surface area contributed by atoms with Crippen LogP contribution in [0.15, 0.2) is 0 Å². The molecule has 0 aliphatic carbocycles. The van der Waals surface area contributed by atoms with E-state index in [2.05, 4.69) is 0 Å². The first-order valence-corrected chi connectivity index (χ1v) is 6.52. The first-order valence-electron chi connectivity index (χ1n) is 7.09. The molecule has 3 atom stereocenters. The molecular formula is C14H30O4. The fourth-order valence-corrected chi connectivity index (χ4v) is 0.909. The monoisotopic (exact) mass is 263 g/mol. The molecule has 0 N–H and O–H groups in total. The fraction of sp³-hybridized carbons (Fsp3) is 1.00. The summed E-state index contributed by atoms with van der Waals surface area (Å²) in [5.74, 6) is 0. The summed E-state index contributed by atoms with van der Waals surface area (Å²) in [6.07, 6.45) is -0.395. The van der Waals surface area contributed by atoms with Gasteiger partial charge in [0.05, 0.1) is 23.4 Å². The van der Waals surface area contributed by atoms with Gasteiger partial charge in [0.1, 0.15) is 0 Å². The summed E-state index contributed by atoms with van der Waals surface area (Å²) < 4.78 is 8.01. The van der Waals surface area contributed by atoms with Crippen molar-refractivity contribution in [3.63, 3.8) is 0 Å². The van der Waals surface area contributed by atoms with Crippen LogP contribution in [0.1, 0.15) is 69.6 Å². The van der Waals surface area contributed by atoms with E-state index in [1.54, 1.807) is 0 Å². The Morgan fingerprint density at radius 2 is 1.22 bits per heavy atom. The topological polar surface area (TPSA) is 36.9 Å². The Labute approximate surface area is 113 Å². The van der Waals surface area contributed by atoms with E-state index in [-0.39, 0.29) is 23.4 Å². The van der Waals surface area contributed by atoms with Gasteiger partial charge in [0.2, 0.25) is 0 Å². The van der Waals surface area contributed by atoms with Gasteiger partial charge in [-0.1, -0.05) is 0 Å². The third kappa shape index (κ3) is 12.3. The third-order valence-electron chi connectivity index (χ3n) is 1.71. The van der Waals surface area contributed by atoms with E-state index in [4.69, 9.17) is 20.9 Å². The van der Waals surface area contributed by atoms with Gasteiger partial charge in [0.25, 0.3) is 0 Å². The molecule has 4 heteroatoms. The minimum absolute atomic E-state index is 0.164. The summed E-state index contributed by atoms with van der Waals surface area (Å²) in [5, 5.41) is 0. The molecule has 0 saturated heterocycles. The van der Waals surface area contributed by atoms with Crippen molar-refractivity contribution in [3.8, 4) is 0 Å². The predicted octanol–water partition coefficient (Wildman–Crippen LogP) is 4.04. The van der Waals surface area contributed by atoms with Gasteiger partial charge < -0.3 is 0 Å². The Balaban J connectivity index is 3.97. The summed E-state index contributed by atoms with van der Waals surface area (Å²) in [6, 6.07) is 0. The molecule has 3 unspecified atom stereocenters. The molecule has 0 amide bonds.